The van der Waals surface area contributed by atoms with Gasteiger partial charge in [-0.15, -0.1) is 0 Å². The molecule has 2 nitrogen and oxygen atoms in total. The molecular formula is C12H22N2. The molecule has 1 saturated carbocycles. The van der Waals surface area contributed by atoms with Crippen LogP contribution in [0.3, 0.4) is 0 Å². The molecule has 0 bridgehead atoms. The molecule has 1 rings (SSSR count). The molecule has 1 aliphatic rings. The van der Waals surface area contributed by atoms with Crippen LogP contribution in [0.1, 0.15) is 39.5 Å². The maximum Gasteiger partial charge on any atom is 0.0628 e. The van der Waals surface area contributed by atoms with Crippen LogP contribution in [-0.2, 0) is 0 Å². The number of nitrogens with zero attached hydrogens (tertiary/aromatic N) is 2. The van der Waals surface area contributed by atoms with Crippen LogP contribution >= 0.6 is 0 Å². The molecule has 80 valence electrons. The molecule has 1 aliphatic carbocycles. The van der Waals surface area contributed by atoms with E-state index in [4.69, 9.17) is 5.26 Å². The minimum atomic E-state index is 0.372. The largest absolute Gasteiger partial charge is 0.306 e. The Morgan fingerprint density at radius 3 is 2.57 bits per heavy atom. The van der Waals surface area contributed by atoms with Crippen LogP contribution in [0.4, 0.5) is 0 Å². The average molecular weight is 194 g/mol. The highest BCUT2D eigenvalue weighted by molar-refractivity contribution is 5.00. The second kappa shape index (κ2) is 4.79. The standard InChI is InChI=1S/C12H22N2/c1-4-11(2)9-14(3)10-12(5-6-12)7-8-13/h11H,4-7,9-10H2,1-3H3. The predicted molar refractivity (Wildman–Crippen MR) is 58.8 cm³/mol. The first-order valence-corrected chi connectivity index (χ1v) is 5.67. The third-order valence-corrected chi connectivity index (χ3v) is 3.34. The van der Waals surface area contributed by atoms with Gasteiger partial charge in [0.1, 0.15) is 0 Å². The van der Waals surface area contributed by atoms with Crippen LogP contribution in [0.25, 0.3) is 0 Å². The molecule has 0 heterocycles. The Morgan fingerprint density at radius 1 is 1.50 bits per heavy atom. The molecule has 0 aromatic carbocycles. The molecule has 0 saturated heterocycles. The maximum absolute atomic E-state index is 8.71. The van der Waals surface area contributed by atoms with Gasteiger partial charge in [0.2, 0.25) is 0 Å². The van der Waals surface area contributed by atoms with Gasteiger partial charge >= 0.3 is 0 Å². The van der Waals surface area contributed by atoms with Crippen molar-refractivity contribution < 1.29 is 0 Å². The fourth-order valence-corrected chi connectivity index (χ4v) is 2.03. The maximum atomic E-state index is 8.71. The molecule has 2 heteroatoms. The Hall–Kier alpha value is -0.550. The second-order valence-electron chi connectivity index (χ2n) is 5.05. The Bertz CT molecular complexity index is 213. The zero-order valence-corrected chi connectivity index (χ0v) is 9.71. The number of hydrogen-bond acceptors (Lipinski definition) is 2. The van der Waals surface area contributed by atoms with Gasteiger partial charge in [0, 0.05) is 19.5 Å². The van der Waals surface area contributed by atoms with E-state index >= 15 is 0 Å². The summed E-state index contributed by atoms with van der Waals surface area (Å²) in [7, 11) is 2.18. The van der Waals surface area contributed by atoms with E-state index in [1.54, 1.807) is 0 Å². The molecule has 1 atom stereocenters. The van der Waals surface area contributed by atoms with Crippen molar-refractivity contribution in [2.45, 2.75) is 39.5 Å². The van der Waals surface area contributed by atoms with E-state index in [0.717, 1.165) is 18.9 Å². The molecule has 0 aromatic heterocycles. The van der Waals surface area contributed by atoms with E-state index in [-0.39, 0.29) is 0 Å². The summed E-state index contributed by atoms with van der Waals surface area (Å²) in [5.74, 6) is 0.776. The SMILES string of the molecule is CCC(C)CN(C)CC1(CC#N)CC1. The summed E-state index contributed by atoms with van der Waals surface area (Å²) in [5.41, 5.74) is 0.372. The molecule has 0 aromatic rings. The molecule has 14 heavy (non-hydrogen) atoms. The van der Waals surface area contributed by atoms with Crippen molar-refractivity contribution in [3.63, 3.8) is 0 Å². The van der Waals surface area contributed by atoms with Gasteiger partial charge in [0.25, 0.3) is 0 Å². The average Bonchev–Trinajstić information content (AvgIpc) is 2.85. The summed E-state index contributed by atoms with van der Waals surface area (Å²) < 4.78 is 0. The van der Waals surface area contributed by atoms with Gasteiger partial charge in [0.05, 0.1) is 6.07 Å². The van der Waals surface area contributed by atoms with Crippen LogP contribution in [0.15, 0.2) is 0 Å². The molecule has 1 fully saturated rings. The summed E-state index contributed by atoms with van der Waals surface area (Å²) in [6.45, 7) is 6.82. The van der Waals surface area contributed by atoms with Gasteiger partial charge in [-0.3, -0.25) is 0 Å². The number of nitriles is 1. The highest BCUT2D eigenvalue weighted by Crippen LogP contribution is 2.48. The predicted octanol–water partition coefficient (Wildman–Crippen LogP) is 2.66. The Labute approximate surface area is 87.9 Å². The summed E-state index contributed by atoms with van der Waals surface area (Å²) in [6, 6.07) is 2.32. The molecular weight excluding hydrogens is 172 g/mol. The van der Waals surface area contributed by atoms with E-state index in [1.165, 1.54) is 25.8 Å². The summed E-state index contributed by atoms with van der Waals surface area (Å²) in [6.07, 6.45) is 4.50. The van der Waals surface area contributed by atoms with Crippen LogP contribution in [0, 0.1) is 22.7 Å². The van der Waals surface area contributed by atoms with Gasteiger partial charge in [-0.2, -0.15) is 5.26 Å². The van der Waals surface area contributed by atoms with Crippen molar-refractivity contribution in [2.75, 3.05) is 20.1 Å². The fourth-order valence-electron chi connectivity index (χ4n) is 2.03. The minimum Gasteiger partial charge on any atom is -0.306 e. The monoisotopic (exact) mass is 194 g/mol. The quantitative estimate of drug-likeness (QED) is 0.650. The minimum absolute atomic E-state index is 0.372. The van der Waals surface area contributed by atoms with E-state index < -0.39 is 0 Å². The molecule has 0 radical (unpaired) electrons. The van der Waals surface area contributed by atoms with Crippen LogP contribution < -0.4 is 0 Å². The Kier molecular flexibility index (Phi) is 3.95. The van der Waals surface area contributed by atoms with Crippen LogP contribution in [0.5, 0.6) is 0 Å². The lowest BCUT2D eigenvalue weighted by atomic mass is 10.0. The van der Waals surface area contributed by atoms with Crippen molar-refractivity contribution >= 4 is 0 Å². The topological polar surface area (TPSA) is 27.0 Å². The Balaban J connectivity index is 2.27. The third-order valence-electron chi connectivity index (χ3n) is 3.34. The molecule has 1 unspecified atom stereocenters. The second-order valence-corrected chi connectivity index (χ2v) is 5.05. The van der Waals surface area contributed by atoms with E-state index in [2.05, 4.69) is 31.9 Å². The molecule has 0 N–H and O–H groups in total. The molecule has 0 spiro atoms. The highest BCUT2D eigenvalue weighted by atomic mass is 15.1. The van der Waals surface area contributed by atoms with Crippen molar-refractivity contribution in [1.29, 1.82) is 5.26 Å². The zero-order chi connectivity index (χ0) is 10.6. The normalized spacial score (nSPS) is 20.5. The molecule has 0 aliphatic heterocycles. The van der Waals surface area contributed by atoms with Crippen molar-refractivity contribution in [3.05, 3.63) is 0 Å². The van der Waals surface area contributed by atoms with Crippen molar-refractivity contribution in [2.24, 2.45) is 11.3 Å². The first kappa shape index (κ1) is 11.5. The van der Waals surface area contributed by atoms with Crippen molar-refractivity contribution in [3.8, 4) is 6.07 Å². The smallest absolute Gasteiger partial charge is 0.0628 e. The first-order chi connectivity index (χ1) is 6.62. The van der Waals surface area contributed by atoms with E-state index in [1.807, 2.05) is 0 Å². The Morgan fingerprint density at radius 2 is 2.14 bits per heavy atom. The number of rotatable bonds is 6. The van der Waals surface area contributed by atoms with Gasteiger partial charge in [-0.1, -0.05) is 20.3 Å². The molecule has 0 amide bonds. The van der Waals surface area contributed by atoms with Gasteiger partial charge in [0.15, 0.2) is 0 Å². The van der Waals surface area contributed by atoms with Gasteiger partial charge < -0.3 is 4.90 Å². The van der Waals surface area contributed by atoms with Crippen LogP contribution in [0.2, 0.25) is 0 Å². The van der Waals surface area contributed by atoms with Gasteiger partial charge in [-0.05, 0) is 31.2 Å². The lowest BCUT2D eigenvalue weighted by Gasteiger charge is -2.24. The number of hydrogen-bond donors (Lipinski definition) is 0. The van der Waals surface area contributed by atoms with Crippen LogP contribution in [-0.4, -0.2) is 25.0 Å². The van der Waals surface area contributed by atoms with E-state index in [0.29, 0.717) is 5.41 Å². The first-order valence-electron chi connectivity index (χ1n) is 5.67. The van der Waals surface area contributed by atoms with Gasteiger partial charge in [-0.25, -0.2) is 0 Å². The van der Waals surface area contributed by atoms with E-state index in [9.17, 15) is 0 Å². The zero-order valence-electron chi connectivity index (χ0n) is 9.71. The summed E-state index contributed by atoms with van der Waals surface area (Å²) in [4.78, 5) is 2.40. The summed E-state index contributed by atoms with van der Waals surface area (Å²) in [5, 5.41) is 8.71. The lowest BCUT2D eigenvalue weighted by Crippen LogP contribution is -2.30. The fraction of sp³-hybridized carbons (Fsp3) is 0.917. The third kappa shape index (κ3) is 3.31. The van der Waals surface area contributed by atoms with Crippen molar-refractivity contribution in [1.82, 2.24) is 4.90 Å². The summed E-state index contributed by atoms with van der Waals surface area (Å²) >= 11 is 0. The highest BCUT2D eigenvalue weighted by Gasteiger charge is 2.42. The lowest BCUT2D eigenvalue weighted by molar-refractivity contribution is 0.232.